The number of ether oxygens (including phenoxy) is 1. The largest absolute Gasteiger partial charge is 0.493 e. The molecule has 4 rings (SSSR count). The number of hydrogen-bond donors (Lipinski definition) is 1. The van der Waals surface area contributed by atoms with Crippen LogP contribution in [0.2, 0.25) is 0 Å². The summed E-state index contributed by atoms with van der Waals surface area (Å²) in [6, 6.07) is 13.7. The lowest BCUT2D eigenvalue weighted by Crippen LogP contribution is -2.32. The van der Waals surface area contributed by atoms with Gasteiger partial charge in [0.1, 0.15) is 5.75 Å². The fourth-order valence-electron chi connectivity index (χ4n) is 3.76. The Hall–Kier alpha value is -2.44. The van der Waals surface area contributed by atoms with E-state index >= 15 is 0 Å². The molecule has 0 unspecified atom stereocenters. The van der Waals surface area contributed by atoms with E-state index in [-0.39, 0.29) is 5.91 Å². The number of nitrogens with one attached hydrogen (secondary N) is 1. The topological polar surface area (TPSA) is 54.5 Å². The SMILES string of the molecule is CC(C)COc1cccc(C(=O)Nc2nc3ccc(CN4CCC(C)CC4)cc3s2)c1. The number of carbonyl (C=O) groups is 1. The first-order chi connectivity index (χ1) is 15.0. The highest BCUT2D eigenvalue weighted by Crippen LogP contribution is 2.28. The molecule has 0 atom stereocenters. The molecule has 1 saturated heterocycles. The Kier molecular flexibility index (Phi) is 6.88. The number of benzene rings is 2. The van der Waals surface area contributed by atoms with E-state index in [0.717, 1.165) is 22.7 Å². The van der Waals surface area contributed by atoms with Crippen LogP contribution in [0.25, 0.3) is 10.2 Å². The molecule has 1 amide bonds. The number of thiazole rings is 1. The van der Waals surface area contributed by atoms with Gasteiger partial charge in [-0.05, 0) is 73.7 Å². The Morgan fingerprint density at radius 1 is 1.23 bits per heavy atom. The second kappa shape index (κ2) is 9.79. The number of hydrogen-bond acceptors (Lipinski definition) is 5. The summed E-state index contributed by atoms with van der Waals surface area (Å²) in [5.41, 5.74) is 2.80. The summed E-state index contributed by atoms with van der Waals surface area (Å²) in [5, 5.41) is 3.57. The Balaban J connectivity index is 1.41. The lowest BCUT2D eigenvalue weighted by atomic mass is 9.99. The van der Waals surface area contributed by atoms with Crippen LogP contribution in [0.4, 0.5) is 5.13 Å². The summed E-state index contributed by atoms with van der Waals surface area (Å²) in [6.07, 6.45) is 2.56. The molecule has 5 nitrogen and oxygen atoms in total. The van der Waals surface area contributed by atoms with Crippen molar-refractivity contribution in [2.45, 2.75) is 40.2 Å². The highest BCUT2D eigenvalue weighted by molar-refractivity contribution is 7.22. The Morgan fingerprint density at radius 3 is 2.81 bits per heavy atom. The van der Waals surface area contributed by atoms with Crippen molar-refractivity contribution in [2.24, 2.45) is 11.8 Å². The molecule has 1 aliphatic heterocycles. The number of piperidine rings is 1. The van der Waals surface area contributed by atoms with Gasteiger partial charge in [-0.1, -0.05) is 44.2 Å². The molecule has 0 aliphatic carbocycles. The fourth-order valence-corrected chi connectivity index (χ4v) is 4.68. The Labute approximate surface area is 188 Å². The molecule has 0 radical (unpaired) electrons. The van der Waals surface area contributed by atoms with Gasteiger partial charge in [-0.3, -0.25) is 15.0 Å². The number of amides is 1. The van der Waals surface area contributed by atoms with Crippen molar-refractivity contribution in [2.75, 3.05) is 25.0 Å². The minimum Gasteiger partial charge on any atom is -0.493 e. The number of rotatable bonds is 7. The fraction of sp³-hybridized carbons (Fsp3) is 0.440. The van der Waals surface area contributed by atoms with Gasteiger partial charge in [0.05, 0.1) is 16.8 Å². The summed E-state index contributed by atoms with van der Waals surface area (Å²) in [6.45, 7) is 10.5. The van der Waals surface area contributed by atoms with Crippen LogP contribution in [0.1, 0.15) is 49.5 Å². The first-order valence-corrected chi connectivity index (χ1v) is 11.9. The predicted molar refractivity (Wildman–Crippen MR) is 128 cm³/mol. The molecule has 164 valence electrons. The quantitative estimate of drug-likeness (QED) is 0.506. The maximum Gasteiger partial charge on any atom is 0.257 e. The van der Waals surface area contributed by atoms with E-state index in [1.807, 2.05) is 12.1 Å². The van der Waals surface area contributed by atoms with Crippen molar-refractivity contribution >= 4 is 32.6 Å². The van der Waals surface area contributed by atoms with Crippen LogP contribution in [0.5, 0.6) is 5.75 Å². The van der Waals surface area contributed by atoms with Gasteiger partial charge in [0, 0.05) is 12.1 Å². The second-order valence-corrected chi connectivity index (χ2v) is 10.00. The lowest BCUT2D eigenvalue weighted by Gasteiger charge is -2.30. The van der Waals surface area contributed by atoms with Crippen molar-refractivity contribution in [3.63, 3.8) is 0 Å². The van der Waals surface area contributed by atoms with Crippen molar-refractivity contribution in [3.8, 4) is 5.75 Å². The van der Waals surface area contributed by atoms with Gasteiger partial charge in [-0.2, -0.15) is 0 Å². The average Bonchev–Trinajstić information content (AvgIpc) is 3.15. The van der Waals surface area contributed by atoms with Gasteiger partial charge >= 0.3 is 0 Å². The molecular formula is C25H31N3O2S. The van der Waals surface area contributed by atoms with E-state index in [9.17, 15) is 4.79 Å². The summed E-state index contributed by atoms with van der Waals surface area (Å²) >= 11 is 1.52. The standard InChI is InChI=1S/C25H31N3O2S/c1-17(2)16-30-21-6-4-5-20(14-21)24(29)27-25-26-22-8-7-19(13-23(22)31-25)15-28-11-9-18(3)10-12-28/h4-8,13-14,17-18H,9-12,15-16H2,1-3H3,(H,26,27,29). The van der Waals surface area contributed by atoms with Crippen LogP contribution in [0.3, 0.4) is 0 Å². The molecule has 2 heterocycles. The third-order valence-electron chi connectivity index (χ3n) is 5.64. The van der Waals surface area contributed by atoms with E-state index < -0.39 is 0 Å². The Morgan fingerprint density at radius 2 is 2.03 bits per heavy atom. The summed E-state index contributed by atoms with van der Waals surface area (Å²) in [7, 11) is 0. The smallest absolute Gasteiger partial charge is 0.257 e. The van der Waals surface area contributed by atoms with Crippen LogP contribution in [-0.4, -0.2) is 35.5 Å². The monoisotopic (exact) mass is 437 g/mol. The molecule has 2 aromatic carbocycles. The summed E-state index contributed by atoms with van der Waals surface area (Å²) in [5.74, 6) is 1.82. The number of fused-ring (bicyclic) bond motifs is 1. The second-order valence-electron chi connectivity index (χ2n) is 8.97. The zero-order chi connectivity index (χ0) is 21.8. The van der Waals surface area contributed by atoms with Gasteiger partial charge in [-0.25, -0.2) is 4.98 Å². The van der Waals surface area contributed by atoms with Gasteiger partial charge in [-0.15, -0.1) is 0 Å². The average molecular weight is 438 g/mol. The van der Waals surface area contributed by atoms with Crippen molar-refractivity contribution in [3.05, 3.63) is 53.6 Å². The summed E-state index contributed by atoms with van der Waals surface area (Å²) < 4.78 is 6.84. The van der Waals surface area contributed by atoms with E-state index in [1.165, 1.54) is 42.8 Å². The normalized spacial score (nSPS) is 15.5. The van der Waals surface area contributed by atoms with Crippen LogP contribution in [-0.2, 0) is 6.54 Å². The highest BCUT2D eigenvalue weighted by Gasteiger charge is 2.16. The predicted octanol–water partition coefficient (Wildman–Crippen LogP) is 5.82. The van der Waals surface area contributed by atoms with E-state index in [2.05, 4.69) is 54.2 Å². The highest BCUT2D eigenvalue weighted by atomic mass is 32.1. The number of likely N-dealkylation sites (tertiary alicyclic amines) is 1. The minimum atomic E-state index is -0.170. The molecular weight excluding hydrogens is 406 g/mol. The number of aromatic nitrogens is 1. The molecule has 6 heteroatoms. The zero-order valence-corrected chi connectivity index (χ0v) is 19.4. The van der Waals surface area contributed by atoms with E-state index in [1.54, 1.807) is 12.1 Å². The summed E-state index contributed by atoms with van der Waals surface area (Å²) in [4.78, 5) is 19.9. The van der Waals surface area contributed by atoms with Gasteiger partial charge in [0.25, 0.3) is 5.91 Å². The van der Waals surface area contributed by atoms with Gasteiger partial charge in [0.15, 0.2) is 5.13 Å². The van der Waals surface area contributed by atoms with E-state index in [0.29, 0.717) is 29.0 Å². The van der Waals surface area contributed by atoms with Crippen LogP contribution >= 0.6 is 11.3 Å². The van der Waals surface area contributed by atoms with Crippen molar-refractivity contribution in [1.29, 1.82) is 0 Å². The maximum absolute atomic E-state index is 12.7. The third-order valence-corrected chi connectivity index (χ3v) is 6.57. The van der Waals surface area contributed by atoms with E-state index in [4.69, 9.17) is 4.74 Å². The first-order valence-electron chi connectivity index (χ1n) is 11.1. The van der Waals surface area contributed by atoms with Crippen LogP contribution in [0, 0.1) is 11.8 Å². The molecule has 3 aromatic rings. The van der Waals surface area contributed by atoms with Crippen LogP contribution in [0.15, 0.2) is 42.5 Å². The van der Waals surface area contributed by atoms with Crippen molar-refractivity contribution < 1.29 is 9.53 Å². The van der Waals surface area contributed by atoms with Crippen LogP contribution < -0.4 is 10.1 Å². The molecule has 0 spiro atoms. The Bertz CT molecular complexity index is 1040. The number of nitrogens with zero attached hydrogens (tertiary/aromatic N) is 2. The third kappa shape index (κ3) is 5.83. The molecule has 1 fully saturated rings. The first kappa shape index (κ1) is 21.8. The lowest BCUT2D eigenvalue weighted by molar-refractivity contribution is 0.102. The number of anilines is 1. The maximum atomic E-state index is 12.7. The molecule has 1 N–H and O–H groups in total. The van der Waals surface area contributed by atoms with Gasteiger partial charge < -0.3 is 4.74 Å². The van der Waals surface area contributed by atoms with Gasteiger partial charge in [0.2, 0.25) is 0 Å². The minimum absolute atomic E-state index is 0.170. The van der Waals surface area contributed by atoms with Crippen molar-refractivity contribution in [1.82, 2.24) is 9.88 Å². The molecule has 0 bridgehead atoms. The molecule has 0 saturated carbocycles. The molecule has 31 heavy (non-hydrogen) atoms. The zero-order valence-electron chi connectivity index (χ0n) is 18.6. The molecule has 1 aromatic heterocycles. The molecule has 1 aliphatic rings. The number of carbonyl (C=O) groups excluding carboxylic acids is 1.